The molecular weight excluding hydrogens is 431 g/mol. The number of rotatable bonds is 6. The van der Waals surface area contributed by atoms with Crippen LogP contribution in [-0.2, 0) is 22.2 Å². The van der Waals surface area contributed by atoms with E-state index < -0.39 is 17.7 Å². The molecule has 1 saturated carbocycles. The van der Waals surface area contributed by atoms with Gasteiger partial charge in [-0.1, -0.05) is 43.3 Å². The number of piperazine rings is 1. The Labute approximate surface area is 191 Å². The summed E-state index contributed by atoms with van der Waals surface area (Å²) >= 11 is 0. The number of carbonyl (C=O) groups is 2. The van der Waals surface area contributed by atoms with E-state index in [0.29, 0.717) is 32.6 Å². The second kappa shape index (κ2) is 9.55. The third-order valence-electron chi connectivity index (χ3n) is 6.50. The second-order valence-electron chi connectivity index (χ2n) is 8.69. The van der Waals surface area contributed by atoms with Gasteiger partial charge in [0.05, 0.1) is 12.1 Å². The van der Waals surface area contributed by atoms with Crippen molar-refractivity contribution in [3.63, 3.8) is 0 Å². The highest BCUT2D eigenvalue weighted by Gasteiger charge is 2.49. The fourth-order valence-electron chi connectivity index (χ4n) is 4.59. The van der Waals surface area contributed by atoms with Crippen molar-refractivity contribution in [2.45, 2.75) is 31.9 Å². The average Bonchev–Trinajstić information content (AvgIpc) is 3.60. The first-order chi connectivity index (χ1) is 15.8. The molecule has 1 aliphatic carbocycles. The van der Waals surface area contributed by atoms with Crippen LogP contribution in [0.4, 0.5) is 18.9 Å². The SMILES string of the molecule is CCc1ccccc1NC(=O)CN1CCN(C(=O)C2CC2c2ccccc2C(F)(F)F)CC1. The maximum Gasteiger partial charge on any atom is 0.416 e. The topological polar surface area (TPSA) is 52.7 Å². The van der Waals surface area contributed by atoms with Gasteiger partial charge < -0.3 is 10.2 Å². The number of aryl methyl sites for hydroxylation is 1. The Bertz CT molecular complexity index is 1020. The summed E-state index contributed by atoms with van der Waals surface area (Å²) in [5.74, 6) is -0.952. The van der Waals surface area contributed by atoms with Crippen molar-refractivity contribution < 1.29 is 22.8 Å². The first kappa shape index (κ1) is 23.3. The van der Waals surface area contributed by atoms with Gasteiger partial charge in [-0.3, -0.25) is 14.5 Å². The zero-order valence-electron chi connectivity index (χ0n) is 18.6. The van der Waals surface area contributed by atoms with E-state index in [1.165, 1.54) is 12.1 Å². The van der Waals surface area contributed by atoms with E-state index in [1.54, 1.807) is 11.0 Å². The number of carbonyl (C=O) groups excluding carboxylic acids is 2. The molecule has 0 aromatic heterocycles. The van der Waals surface area contributed by atoms with E-state index in [2.05, 4.69) is 5.32 Å². The number of hydrogen-bond donors (Lipinski definition) is 1. The lowest BCUT2D eigenvalue weighted by molar-refractivity contribution is -0.139. The van der Waals surface area contributed by atoms with Gasteiger partial charge in [-0.15, -0.1) is 0 Å². The van der Waals surface area contributed by atoms with Crippen molar-refractivity contribution in [2.24, 2.45) is 5.92 Å². The van der Waals surface area contributed by atoms with Crippen LogP contribution in [0.3, 0.4) is 0 Å². The van der Waals surface area contributed by atoms with Crippen LogP contribution in [0.2, 0.25) is 0 Å². The predicted octanol–water partition coefficient (Wildman–Crippen LogP) is 4.15. The van der Waals surface area contributed by atoms with Gasteiger partial charge in [0, 0.05) is 37.8 Å². The minimum Gasteiger partial charge on any atom is -0.340 e. The molecule has 8 heteroatoms. The van der Waals surface area contributed by atoms with Gasteiger partial charge in [-0.25, -0.2) is 0 Å². The fraction of sp³-hybridized carbons (Fsp3) is 0.440. The van der Waals surface area contributed by atoms with E-state index in [4.69, 9.17) is 0 Å². The number of anilines is 1. The van der Waals surface area contributed by atoms with Crippen LogP contribution in [0, 0.1) is 5.92 Å². The average molecular weight is 460 g/mol. The lowest BCUT2D eigenvalue weighted by Crippen LogP contribution is -2.51. The lowest BCUT2D eigenvalue weighted by Gasteiger charge is -2.34. The summed E-state index contributed by atoms with van der Waals surface area (Å²) in [6, 6.07) is 13.2. The molecule has 1 saturated heterocycles. The van der Waals surface area contributed by atoms with Crippen molar-refractivity contribution >= 4 is 17.5 Å². The van der Waals surface area contributed by atoms with E-state index in [-0.39, 0.29) is 29.8 Å². The van der Waals surface area contributed by atoms with Gasteiger partial charge in [0.1, 0.15) is 0 Å². The molecule has 0 bridgehead atoms. The zero-order chi connectivity index (χ0) is 23.6. The van der Waals surface area contributed by atoms with Crippen molar-refractivity contribution in [1.82, 2.24) is 9.80 Å². The Hall–Kier alpha value is -2.87. The minimum atomic E-state index is -4.42. The van der Waals surface area contributed by atoms with Crippen LogP contribution in [0.1, 0.15) is 36.0 Å². The molecule has 0 radical (unpaired) electrons. The molecule has 1 N–H and O–H groups in total. The highest BCUT2D eigenvalue weighted by molar-refractivity contribution is 5.93. The molecule has 0 spiro atoms. The van der Waals surface area contributed by atoms with Gasteiger partial charge in [0.15, 0.2) is 0 Å². The summed E-state index contributed by atoms with van der Waals surface area (Å²) in [5, 5.41) is 2.96. The van der Waals surface area contributed by atoms with Crippen LogP contribution in [0.5, 0.6) is 0 Å². The number of nitrogens with zero attached hydrogens (tertiary/aromatic N) is 2. The number of halogens is 3. The van der Waals surface area contributed by atoms with E-state index in [9.17, 15) is 22.8 Å². The van der Waals surface area contributed by atoms with Crippen LogP contribution in [-0.4, -0.2) is 54.3 Å². The van der Waals surface area contributed by atoms with E-state index >= 15 is 0 Å². The van der Waals surface area contributed by atoms with E-state index in [1.807, 2.05) is 36.1 Å². The smallest absolute Gasteiger partial charge is 0.340 e. The molecule has 2 aliphatic rings. The van der Waals surface area contributed by atoms with Gasteiger partial charge in [-0.2, -0.15) is 13.2 Å². The molecule has 5 nitrogen and oxygen atoms in total. The fourth-order valence-corrected chi connectivity index (χ4v) is 4.59. The molecule has 1 aliphatic heterocycles. The number of para-hydroxylation sites is 1. The Morgan fingerprint density at radius 2 is 1.67 bits per heavy atom. The van der Waals surface area contributed by atoms with E-state index in [0.717, 1.165) is 23.7 Å². The highest BCUT2D eigenvalue weighted by atomic mass is 19.4. The summed E-state index contributed by atoms with van der Waals surface area (Å²) in [6.45, 7) is 4.35. The Kier molecular flexibility index (Phi) is 6.74. The van der Waals surface area contributed by atoms with Crippen molar-refractivity contribution in [3.05, 3.63) is 65.2 Å². The molecule has 176 valence electrons. The van der Waals surface area contributed by atoms with Crippen molar-refractivity contribution in [2.75, 3.05) is 38.0 Å². The Balaban J connectivity index is 1.28. The molecule has 4 rings (SSSR count). The third-order valence-corrected chi connectivity index (χ3v) is 6.50. The number of alkyl halides is 3. The van der Waals surface area contributed by atoms with Gasteiger partial charge >= 0.3 is 6.18 Å². The zero-order valence-corrected chi connectivity index (χ0v) is 18.6. The minimum absolute atomic E-state index is 0.0852. The Morgan fingerprint density at radius 3 is 2.36 bits per heavy atom. The van der Waals surface area contributed by atoms with Crippen LogP contribution < -0.4 is 5.32 Å². The van der Waals surface area contributed by atoms with Crippen LogP contribution in [0.15, 0.2) is 48.5 Å². The van der Waals surface area contributed by atoms with Crippen molar-refractivity contribution in [1.29, 1.82) is 0 Å². The second-order valence-corrected chi connectivity index (χ2v) is 8.69. The third kappa shape index (κ3) is 5.38. The summed E-state index contributed by atoms with van der Waals surface area (Å²) in [6.07, 6.45) is -3.14. The monoisotopic (exact) mass is 459 g/mol. The molecule has 1 heterocycles. The molecular formula is C25H28F3N3O2. The predicted molar refractivity (Wildman–Crippen MR) is 120 cm³/mol. The maximum absolute atomic E-state index is 13.3. The first-order valence-corrected chi connectivity index (χ1v) is 11.3. The molecule has 2 amide bonds. The molecule has 2 atom stereocenters. The quantitative estimate of drug-likeness (QED) is 0.706. The summed E-state index contributed by atoms with van der Waals surface area (Å²) in [5.41, 5.74) is 1.46. The van der Waals surface area contributed by atoms with Crippen molar-refractivity contribution in [3.8, 4) is 0 Å². The maximum atomic E-state index is 13.3. The normalized spacial score (nSPS) is 21.0. The molecule has 2 unspecified atom stereocenters. The van der Waals surface area contributed by atoms with Gasteiger partial charge in [0.2, 0.25) is 11.8 Å². The standard InChI is InChI=1S/C25H28F3N3O2/c1-2-17-7-3-6-10-22(17)29-23(32)16-30-11-13-31(14-12-30)24(33)20-15-19(20)18-8-4-5-9-21(18)25(26,27)28/h3-10,19-20H,2,11-16H2,1H3,(H,29,32). The highest BCUT2D eigenvalue weighted by Crippen LogP contribution is 2.51. The van der Waals surface area contributed by atoms with Crippen LogP contribution >= 0.6 is 0 Å². The first-order valence-electron chi connectivity index (χ1n) is 11.3. The summed E-state index contributed by atoms with van der Waals surface area (Å²) in [4.78, 5) is 29.1. The number of nitrogens with one attached hydrogen (secondary N) is 1. The van der Waals surface area contributed by atoms with Gasteiger partial charge in [0.25, 0.3) is 0 Å². The lowest BCUT2D eigenvalue weighted by atomic mass is 10.0. The largest absolute Gasteiger partial charge is 0.416 e. The Morgan fingerprint density at radius 1 is 1.00 bits per heavy atom. The molecule has 2 fully saturated rings. The van der Waals surface area contributed by atoms with Crippen LogP contribution in [0.25, 0.3) is 0 Å². The molecule has 2 aromatic rings. The number of benzene rings is 2. The van der Waals surface area contributed by atoms with Gasteiger partial charge in [-0.05, 0) is 42.0 Å². The summed E-state index contributed by atoms with van der Waals surface area (Å²) in [7, 11) is 0. The summed E-state index contributed by atoms with van der Waals surface area (Å²) < 4.78 is 39.9. The molecule has 2 aromatic carbocycles. The number of amides is 2. The number of hydrogen-bond acceptors (Lipinski definition) is 3. The molecule has 33 heavy (non-hydrogen) atoms.